The molecule has 0 bridgehead atoms. The Balaban J connectivity index is 1.02. The van der Waals surface area contributed by atoms with Gasteiger partial charge in [-0.1, -0.05) is 164 Å². The lowest BCUT2D eigenvalue weighted by atomic mass is 9.86. The van der Waals surface area contributed by atoms with E-state index in [-0.39, 0.29) is 0 Å². The SMILES string of the molecule is c1ccc(-c2c3ccccc3c(-c3ccc(-n4c5ccccc5c5cc(-c6cc(-c7ccccc7)c7oc8ccccc8c7c6)ccc54)cc3)c3ccccc23)cc1. The maximum Gasteiger partial charge on any atom is 0.143 e. The minimum atomic E-state index is 0.905. The van der Waals surface area contributed by atoms with Crippen LogP contribution in [0, 0.1) is 0 Å². The van der Waals surface area contributed by atoms with Crippen molar-refractivity contribution in [2.24, 2.45) is 0 Å². The van der Waals surface area contributed by atoms with Gasteiger partial charge in [0.25, 0.3) is 0 Å². The third-order valence-electron chi connectivity index (χ3n) is 12.0. The Hall–Kier alpha value is -7.68. The number of fused-ring (bicyclic) bond motifs is 8. The van der Waals surface area contributed by atoms with Crippen LogP contribution < -0.4 is 0 Å². The number of furan rings is 1. The van der Waals surface area contributed by atoms with E-state index in [2.05, 4.69) is 211 Å². The molecule has 12 rings (SSSR count). The molecule has 0 atom stereocenters. The first kappa shape index (κ1) is 32.6. The number of para-hydroxylation sites is 2. The fraction of sp³-hybridized carbons (Fsp3) is 0. The predicted octanol–water partition coefficient (Wildman–Crippen LogP) is 15.7. The van der Waals surface area contributed by atoms with Crippen LogP contribution in [0.5, 0.6) is 0 Å². The highest BCUT2D eigenvalue weighted by Crippen LogP contribution is 2.45. The van der Waals surface area contributed by atoms with Crippen LogP contribution in [0.3, 0.4) is 0 Å². The van der Waals surface area contributed by atoms with E-state index in [1.165, 1.54) is 76.7 Å². The van der Waals surface area contributed by atoms with Crippen LogP contribution in [0.25, 0.3) is 115 Å². The quantitative estimate of drug-likeness (QED) is 0.161. The largest absolute Gasteiger partial charge is 0.455 e. The van der Waals surface area contributed by atoms with Gasteiger partial charge in [0.1, 0.15) is 11.2 Å². The van der Waals surface area contributed by atoms with Gasteiger partial charge in [0.2, 0.25) is 0 Å². The van der Waals surface area contributed by atoms with Crippen LogP contribution in [0.1, 0.15) is 0 Å². The number of hydrogen-bond acceptors (Lipinski definition) is 1. The minimum absolute atomic E-state index is 0.905. The van der Waals surface area contributed by atoms with Gasteiger partial charge in [-0.15, -0.1) is 0 Å². The summed E-state index contributed by atoms with van der Waals surface area (Å²) >= 11 is 0. The van der Waals surface area contributed by atoms with Gasteiger partial charge in [0.05, 0.1) is 11.0 Å². The smallest absolute Gasteiger partial charge is 0.143 e. The standard InChI is InChI=1S/C56H35NO/c1-3-15-36(16-4-1)48-34-40(35-50-43-20-12-14-26-53(43)58-56(48)50)39-29-32-52-49(33-39)42-19-11-13-25-51(42)57(52)41-30-27-38(28-31-41)55-46-23-9-7-21-44(46)54(37-17-5-2-6-18-37)45-22-8-10-24-47(45)55/h1-35H. The molecule has 0 spiro atoms. The molecular formula is C56H35NO. The Morgan fingerprint density at radius 2 is 0.776 bits per heavy atom. The zero-order chi connectivity index (χ0) is 38.2. The first-order valence-corrected chi connectivity index (χ1v) is 19.9. The molecule has 0 aliphatic carbocycles. The second kappa shape index (κ2) is 12.9. The molecule has 2 aromatic heterocycles. The first-order chi connectivity index (χ1) is 28.8. The molecule has 270 valence electrons. The average molecular weight is 738 g/mol. The van der Waals surface area contributed by atoms with Crippen LogP contribution in [0.2, 0.25) is 0 Å². The second-order valence-corrected chi connectivity index (χ2v) is 15.2. The van der Waals surface area contributed by atoms with Crippen LogP contribution in [-0.2, 0) is 0 Å². The highest BCUT2D eigenvalue weighted by Gasteiger charge is 2.19. The Kier molecular flexibility index (Phi) is 7.26. The van der Waals surface area contributed by atoms with Gasteiger partial charge >= 0.3 is 0 Å². The minimum Gasteiger partial charge on any atom is -0.455 e. The van der Waals surface area contributed by atoms with Crippen molar-refractivity contribution in [2.45, 2.75) is 0 Å². The maximum absolute atomic E-state index is 6.51. The molecule has 10 aromatic carbocycles. The first-order valence-electron chi connectivity index (χ1n) is 19.9. The van der Waals surface area contributed by atoms with Crippen molar-refractivity contribution < 1.29 is 4.42 Å². The molecule has 58 heavy (non-hydrogen) atoms. The molecular weight excluding hydrogens is 703 g/mol. The van der Waals surface area contributed by atoms with Crippen LogP contribution in [0.4, 0.5) is 0 Å². The lowest BCUT2D eigenvalue weighted by molar-refractivity contribution is 0.670. The van der Waals surface area contributed by atoms with E-state index in [1.54, 1.807) is 0 Å². The summed E-state index contributed by atoms with van der Waals surface area (Å²) in [5.41, 5.74) is 14.9. The van der Waals surface area contributed by atoms with Gasteiger partial charge in [-0.05, 0) is 109 Å². The molecule has 0 N–H and O–H groups in total. The third-order valence-corrected chi connectivity index (χ3v) is 12.0. The van der Waals surface area contributed by atoms with E-state index >= 15 is 0 Å². The molecule has 0 saturated heterocycles. The molecule has 2 heterocycles. The van der Waals surface area contributed by atoms with Crippen molar-refractivity contribution in [3.8, 4) is 50.2 Å². The summed E-state index contributed by atoms with van der Waals surface area (Å²) in [6.45, 7) is 0. The van der Waals surface area contributed by atoms with Gasteiger partial charge in [0, 0.05) is 32.8 Å². The molecule has 2 nitrogen and oxygen atoms in total. The Labute approximate surface area is 335 Å². The van der Waals surface area contributed by atoms with Gasteiger partial charge < -0.3 is 8.98 Å². The summed E-state index contributed by atoms with van der Waals surface area (Å²) in [6.07, 6.45) is 0. The topological polar surface area (TPSA) is 18.1 Å². The Morgan fingerprint density at radius 1 is 0.293 bits per heavy atom. The van der Waals surface area contributed by atoms with Gasteiger partial charge in [-0.3, -0.25) is 0 Å². The Bertz CT molecular complexity index is 3480. The molecule has 0 radical (unpaired) electrons. The highest BCUT2D eigenvalue weighted by atomic mass is 16.3. The molecule has 0 aliphatic heterocycles. The van der Waals surface area contributed by atoms with Gasteiger partial charge in [0.15, 0.2) is 0 Å². The van der Waals surface area contributed by atoms with E-state index < -0.39 is 0 Å². The van der Waals surface area contributed by atoms with E-state index in [9.17, 15) is 0 Å². The summed E-state index contributed by atoms with van der Waals surface area (Å²) in [5.74, 6) is 0. The normalized spacial score (nSPS) is 11.8. The number of hydrogen-bond donors (Lipinski definition) is 0. The molecule has 0 saturated carbocycles. The summed E-state index contributed by atoms with van der Waals surface area (Å²) in [5, 5.41) is 9.76. The number of nitrogens with zero attached hydrogens (tertiary/aromatic N) is 1. The number of rotatable bonds is 5. The summed E-state index contributed by atoms with van der Waals surface area (Å²) in [6, 6.07) is 76.9. The van der Waals surface area contributed by atoms with Crippen molar-refractivity contribution in [3.63, 3.8) is 0 Å². The highest BCUT2D eigenvalue weighted by molar-refractivity contribution is 6.21. The zero-order valence-electron chi connectivity index (χ0n) is 31.6. The van der Waals surface area contributed by atoms with E-state index in [0.29, 0.717) is 0 Å². The molecule has 2 heteroatoms. The van der Waals surface area contributed by atoms with E-state index in [1.807, 2.05) is 6.07 Å². The van der Waals surface area contributed by atoms with Crippen molar-refractivity contribution in [1.82, 2.24) is 4.57 Å². The summed E-state index contributed by atoms with van der Waals surface area (Å²) < 4.78 is 8.92. The van der Waals surface area contributed by atoms with Crippen molar-refractivity contribution >= 4 is 65.3 Å². The maximum atomic E-state index is 6.51. The van der Waals surface area contributed by atoms with Crippen LogP contribution in [0.15, 0.2) is 217 Å². The van der Waals surface area contributed by atoms with Crippen molar-refractivity contribution in [1.29, 1.82) is 0 Å². The third kappa shape index (κ3) is 4.99. The lowest BCUT2D eigenvalue weighted by Crippen LogP contribution is -1.94. The average Bonchev–Trinajstić information content (AvgIpc) is 3.84. The van der Waals surface area contributed by atoms with Crippen LogP contribution in [-0.4, -0.2) is 4.57 Å². The lowest BCUT2D eigenvalue weighted by Gasteiger charge is -2.18. The zero-order valence-corrected chi connectivity index (χ0v) is 31.6. The summed E-state index contributed by atoms with van der Waals surface area (Å²) in [7, 11) is 0. The van der Waals surface area contributed by atoms with Crippen LogP contribution >= 0.6 is 0 Å². The van der Waals surface area contributed by atoms with E-state index in [4.69, 9.17) is 4.42 Å². The fourth-order valence-electron chi connectivity index (χ4n) is 9.39. The Morgan fingerprint density at radius 3 is 1.43 bits per heavy atom. The van der Waals surface area contributed by atoms with E-state index in [0.717, 1.165) is 38.8 Å². The van der Waals surface area contributed by atoms with Crippen molar-refractivity contribution in [2.75, 3.05) is 0 Å². The molecule has 12 aromatic rings. The van der Waals surface area contributed by atoms with Gasteiger partial charge in [-0.25, -0.2) is 0 Å². The number of benzene rings is 10. The molecule has 0 aliphatic rings. The van der Waals surface area contributed by atoms with Gasteiger partial charge in [-0.2, -0.15) is 0 Å². The monoisotopic (exact) mass is 737 g/mol. The summed E-state index contributed by atoms with van der Waals surface area (Å²) in [4.78, 5) is 0. The second-order valence-electron chi connectivity index (χ2n) is 15.2. The number of aromatic nitrogens is 1. The molecule has 0 amide bonds. The van der Waals surface area contributed by atoms with Crippen molar-refractivity contribution in [3.05, 3.63) is 212 Å². The molecule has 0 unspecified atom stereocenters. The predicted molar refractivity (Wildman–Crippen MR) is 245 cm³/mol. The fourth-order valence-corrected chi connectivity index (χ4v) is 9.39. The molecule has 0 fully saturated rings.